The van der Waals surface area contributed by atoms with E-state index in [0.29, 0.717) is 33.2 Å². The molecule has 0 spiro atoms. The number of ether oxygens (including phenoxy) is 1. The Hall–Kier alpha value is -3.73. The van der Waals surface area contributed by atoms with Crippen LogP contribution in [0.25, 0.3) is 0 Å². The van der Waals surface area contributed by atoms with E-state index >= 15 is 0 Å². The quantitative estimate of drug-likeness (QED) is 0.111. The highest BCUT2D eigenvalue weighted by Gasteiger charge is 2.13. The van der Waals surface area contributed by atoms with Crippen molar-refractivity contribution in [1.82, 2.24) is 14.9 Å². The minimum atomic E-state index is -0.253. The number of benzene rings is 3. The first-order valence-electron chi connectivity index (χ1n) is 10.6. The summed E-state index contributed by atoms with van der Waals surface area (Å²) < 4.78 is 7.14. The summed E-state index contributed by atoms with van der Waals surface area (Å²) in [5, 5.41) is 16.3. The van der Waals surface area contributed by atoms with Crippen molar-refractivity contribution >= 4 is 58.7 Å². The van der Waals surface area contributed by atoms with E-state index < -0.39 is 0 Å². The molecule has 0 atom stereocenters. The normalized spacial score (nSPS) is 10.9. The summed E-state index contributed by atoms with van der Waals surface area (Å²) in [6.45, 7) is 0.319. The van der Waals surface area contributed by atoms with Gasteiger partial charge in [0.15, 0.2) is 0 Å². The predicted molar refractivity (Wildman–Crippen MR) is 144 cm³/mol. The van der Waals surface area contributed by atoms with Crippen LogP contribution >= 0.6 is 35.0 Å². The number of aromatic nitrogens is 3. The Bertz CT molecular complexity index is 1380. The number of anilines is 2. The van der Waals surface area contributed by atoms with Gasteiger partial charge in [-0.2, -0.15) is 5.10 Å². The third-order valence-corrected chi connectivity index (χ3v) is 6.41. The van der Waals surface area contributed by atoms with Crippen molar-refractivity contribution in [2.75, 3.05) is 22.3 Å². The van der Waals surface area contributed by atoms with E-state index in [-0.39, 0.29) is 17.6 Å². The molecule has 0 radical (unpaired) electrons. The van der Waals surface area contributed by atoms with Gasteiger partial charge in [-0.1, -0.05) is 77.4 Å². The predicted octanol–water partition coefficient (Wildman–Crippen LogP) is 5.05. The number of nitrogen functional groups attached to an aromatic ring is 1. The number of nitrogens with two attached hydrogens (primary N) is 1. The number of carbonyl (C=O) groups is 1. The lowest BCUT2D eigenvalue weighted by Gasteiger charge is -2.10. The SMILES string of the molecule is Nn1c(N/N=C/c2ccccc2OCc2ccccc2Cl)nnc1SCC(=O)Nc1ccccc1Cl. The molecule has 0 aliphatic heterocycles. The number of thioether (sulfide) groups is 1. The Morgan fingerprint density at radius 2 is 1.75 bits per heavy atom. The van der Waals surface area contributed by atoms with Crippen molar-refractivity contribution < 1.29 is 9.53 Å². The van der Waals surface area contributed by atoms with Gasteiger partial charge < -0.3 is 15.9 Å². The van der Waals surface area contributed by atoms with Gasteiger partial charge >= 0.3 is 0 Å². The molecule has 4 rings (SSSR count). The largest absolute Gasteiger partial charge is 0.488 e. The number of halogens is 2. The fourth-order valence-electron chi connectivity index (χ4n) is 2.98. The molecule has 1 aromatic heterocycles. The fraction of sp³-hybridized carbons (Fsp3) is 0.0833. The lowest BCUT2D eigenvalue weighted by Crippen LogP contribution is -2.17. The molecule has 0 saturated carbocycles. The molecule has 0 aliphatic rings. The summed E-state index contributed by atoms with van der Waals surface area (Å²) in [5.41, 5.74) is 4.91. The molecule has 1 heterocycles. The van der Waals surface area contributed by atoms with Crippen molar-refractivity contribution in [2.45, 2.75) is 11.8 Å². The number of rotatable bonds is 10. The van der Waals surface area contributed by atoms with Crippen LogP contribution in [0.5, 0.6) is 5.75 Å². The molecule has 0 unspecified atom stereocenters. The maximum absolute atomic E-state index is 12.2. The average Bonchev–Trinajstić information content (AvgIpc) is 3.23. The standard InChI is InChI=1S/C24H21Cl2N7O2S/c25-18-9-3-1-8-17(18)14-35-21-12-6-2-7-16(21)13-28-30-23-31-32-24(33(23)27)36-15-22(34)29-20-11-5-4-10-19(20)26/h1-13H,14-15,27H2,(H,29,34)(H,30,31)/b28-13+. The lowest BCUT2D eigenvalue weighted by molar-refractivity contribution is -0.113. The highest BCUT2D eigenvalue weighted by molar-refractivity contribution is 7.99. The molecule has 184 valence electrons. The Morgan fingerprint density at radius 3 is 2.56 bits per heavy atom. The van der Waals surface area contributed by atoms with Gasteiger partial charge in [0, 0.05) is 16.1 Å². The van der Waals surface area contributed by atoms with E-state index in [1.165, 1.54) is 4.68 Å². The molecule has 9 nitrogen and oxygen atoms in total. The maximum Gasteiger partial charge on any atom is 0.264 e. The van der Waals surface area contributed by atoms with Gasteiger partial charge in [0.25, 0.3) is 5.95 Å². The van der Waals surface area contributed by atoms with Crippen molar-refractivity contribution in [2.24, 2.45) is 5.10 Å². The van der Waals surface area contributed by atoms with Gasteiger partial charge in [-0.3, -0.25) is 4.79 Å². The highest BCUT2D eigenvalue weighted by atomic mass is 35.5. The molecule has 3 aromatic carbocycles. The number of hydrogen-bond acceptors (Lipinski definition) is 8. The number of amides is 1. The topological polar surface area (TPSA) is 119 Å². The van der Waals surface area contributed by atoms with Gasteiger partial charge in [-0.25, -0.2) is 10.1 Å². The Morgan fingerprint density at radius 1 is 1.03 bits per heavy atom. The molecule has 0 bridgehead atoms. The van der Waals surface area contributed by atoms with Crippen LogP contribution in [-0.2, 0) is 11.4 Å². The second-order valence-corrected chi connectivity index (χ2v) is 9.04. The molecular weight excluding hydrogens is 521 g/mol. The van der Waals surface area contributed by atoms with E-state index in [1.54, 1.807) is 30.5 Å². The van der Waals surface area contributed by atoms with Crippen LogP contribution in [0.2, 0.25) is 10.0 Å². The molecule has 12 heteroatoms. The summed E-state index contributed by atoms with van der Waals surface area (Å²) in [7, 11) is 0. The number of hydrogen-bond donors (Lipinski definition) is 3. The molecule has 4 aromatic rings. The Kier molecular flexibility index (Phi) is 8.66. The zero-order valence-corrected chi connectivity index (χ0v) is 21.1. The third kappa shape index (κ3) is 6.69. The minimum absolute atomic E-state index is 0.0694. The van der Waals surface area contributed by atoms with Crippen LogP contribution in [0.1, 0.15) is 11.1 Å². The number of nitrogens with one attached hydrogen (secondary N) is 2. The molecule has 0 saturated heterocycles. The van der Waals surface area contributed by atoms with Gasteiger partial charge in [0.1, 0.15) is 12.4 Å². The monoisotopic (exact) mass is 541 g/mol. The summed E-state index contributed by atoms with van der Waals surface area (Å²) >= 11 is 13.4. The number of hydrazone groups is 1. The van der Waals surface area contributed by atoms with Gasteiger partial charge in [0.05, 0.1) is 22.7 Å². The van der Waals surface area contributed by atoms with Gasteiger partial charge in [0.2, 0.25) is 11.1 Å². The van der Waals surface area contributed by atoms with Crippen LogP contribution in [0, 0.1) is 0 Å². The summed E-state index contributed by atoms with van der Waals surface area (Å²) in [5.74, 6) is 6.70. The maximum atomic E-state index is 12.2. The molecule has 4 N–H and O–H groups in total. The van der Waals surface area contributed by atoms with Crippen LogP contribution < -0.4 is 21.3 Å². The second kappa shape index (κ2) is 12.3. The smallest absolute Gasteiger partial charge is 0.264 e. The van der Waals surface area contributed by atoms with Crippen LogP contribution in [0.15, 0.2) is 83.1 Å². The third-order valence-electron chi connectivity index (χ3n) is 4.77. The number of nitrogens with zero attached hydrogens (tertiary/aromatic N) is 4. The van der Waals surface area contributed by atoms with Crippen molar-refractivity contribution in [1.29, 1.82) is 0 Å². The van der Waals surface area contributed by atoms with E-state index in [0.717, 1.165) is 22.9 Å². The average molecular weight is 542 g/mol. The molecule has 0 aliphatic carbocycles. The van der Waals surface area contributed by atoms with Crippen molar-refractivity contribution in [3.63, 3.8) is 0 Å². The van der Waals surface area contributed by atoms with E-state index in [1.807, 2.05) is 48.5 Å². The Labute approximate surface area is 221 Å². The van der Waals surface area contributed by atoms with Gasteiger partial charge in [-0.15, -0.1) is 10.2 Å². The van der Waals surface area contributed by atoms with Crippen LogP contribution in [0.3, 0.4) is 0 Å². The van der Waals surface area contributed by atoms with Crippen molar-refractivity contribution in [3.05, 3.63) is 94.0 Å². The van der Waals surface area contributed by atoms with Gasteiger partial charge in [-0.05, 0) is 30.3 Å². The Balaban J connectivity index is 1.32. The van der Waals surface area contributed by atoms with E-state index in [9.17, 15) is 4.79 Å². The van der Waals surface area contributed by atoms with E-state index in [4.69, 9.17) is 33.8 Å². The molecule has 36 heavy (non-hydrogen) atoms. The first-order chi connectivity index (χ1) is 17.5. The number of carbonyl (C=O) groups excluding carboxylic acids is 1. The fourth-order valence-corrected chi connectivity index (χ4v) is 4.01. The molecule has 0 fully saturated rings. The lowest BCUT2D eigenvalue weighted by atomic mass is 10.2. The highest BCUT2D eigenvalue weighted by Crippen LogP contribution is 2.23. The minimum Gasteiger partial charge on any atom is -0.488 e. The molecule has 1 amide bonds. The molecular formula is C24H21Cl2N7O2S. The summed E-state index contributed by atoms with van der Waals surface area (Å²) in [6.07, 6.45) is 1.58. The van der Waals surface area contributed by atoms with E-state index in [2.05, 4.69) is 26.0 Å². The first kappa shape index (κ1) is 25.4. The van der Waals surface area contributed by atoms with Crippen molar-refractivity contribution in [3.8, 4) is 5.75 Å². The number of para-hydroxylation sites is 2. The summed E-state index contributed by atoms with van der Waals surface area (Å²) in [4.78, 5) is 12.2. The zero-order valence-electron chi connectivity index (χ0n) is 18.8. The second-order valence-electron chi connectivity index (χ2n) is 7.28. The van der Waals surface area contributed by atoms with Crippen LogP contribution in [0.4, 0.5) is 11.6 Å². The summed E-state index contributed by atoms with van der Waals surface area (Å²) in [6, 6.07) is 21.9. The van der Waals surface area contributed by atoms with Crippen LogP contribution in [-0.4, -0.2) is 32.7 Å². The zero-order chi connectivity index (χ0) is 25.3. The first-order valence-corrected chi connectivity index (χ1v) is 12.4.